The molecule has 19 heavy (non-hydrogen) atoms. The summed E-state index contributed by atoms with van der Waals surface area (Å²) in [4.78, 5) is 24.9. The van der Waals surface area contributed by atoms with Crippen LogP contribution in [0.4, 0.5) is 4.39 Å². The van der Waals surface area contributed by atoms with E-state index in [1.165, 1.54) is 0 Å². The molecule has 1 saturated carbocycles. The summed E-state index contributed by atoms with van der Waals surface area (Å²) in [6.45, 7) is -0.648. The van der Waals surface area contributed by atoms with E-state index in [2.05, 4.69) is 0 Å². The van der Waals surface area contributed by atoms with Gasteiger partial charge in [0.15, 0.2) is 0 Å². The van der Waals surface area contributed by atoms with Crippen molar-refractivity contribution in [1.82, 2.24) is 9.55 Å². The third-order valence-electron chi connectivity index (χ3n) is 3.33. The molecule has 2 unspecified atom stereocenters. The lowest BCUT2D eigenvalue weighted by atomic mass is 10.1. The Bertz CT molecular complexity index is 588. The molecular formula is C10H12FIN2O5. The molecule has 0 amide bonds. The largest absolute Gasteiger partial charge is 0.396 e. The molecule has 1 heterocycles. The van der Waals surface area contributed by atoms with Crippen molar-refractivity contribution in [3.63, 3.8) is 0 Å². The van der Waals surface area contributed by atoms with Crippen LogP contribution in [0.3, 0.4) is 0 Å². The van der Waals surface area contributed by atoms with Gasteiger partial charge in [-0.2, -0.15) is 0 Å². The maximum atomic E-state index is 14.1. The Kier molecular flexibility index (Phi) is 4.08. The lowest BCUT2D eigenvalue weighted by Crippen LogP contribution is -2.39. The first-order chi connectivity index (χ1) is 8.88. The average molecular weight is 386 g/mol. The van der Waals surface area contributed by atoms with E-state index in [9.17, 15) is 24.2 Å². The van der Waals surface area contributed by atoms with Crippen molar-refractivity contribution >= 4 is 22.6 Å². The fourth-order valence-corrected chi connectivity index (χ4v) is 2.73. The highest BCUT2D eigenvalue weighted by molar-refractivity contribution is 14.1. The first-order valence-corrected chi connectivity index (χ1v) is 6.58. The maximum absolute atomic E-state index is 14.1. The number of aromatic amines is 1. The molecule has 1 aliphatic carbocycles. The Morgan fingerprint density at radius 2 is 2.00 bits per heavy atom. The van der Waals surface area contributed by atoms with Gasteiger partial charge < -0.3 is 15.3 Å². The molecule has 1 fully saturated rings. The number of alkyl halides is 1. The van der Waals surface area contributed by atoms with Crippen LogP contribution in [0.5, 0.6) is 0 Å². The minimum atomic E-state index is -1.80. The van der Waals surface area contributed by atoms with Gasteiger partial charge in [-0.25, -0.2) is 9.18 Å². The zero-order chi connectivity index (χ0) is 14.3. The monoisotopic (exact) mass is 386 g/mol. The second-order valence-electron chi connectivity index (χ2n) is 4.41. The molecule has 106 valence electrons. The molecule has 0 spiro atoms. The molecule has 0 bridgehead atoms. The van der Waals surface area contributed by atoms with Crippen molar-refractivity contribution < 1.29 is 19.7 Å². The van der Waals surface area contributed by atoms with E-state index in [4.69, 9.17) is 5.11 Å². The summed E-state index contributed by atoms with van der Waals surface area (Å²) in [5.74, 6) is -1.17. The summed E-state index contributed by atoms with van der Waals surface area (Å²) < 4.78 is 15.1. The second-order valence-corrected chi connectivity index (χ2v) is 5.57. The number of hydrogen-bond acceptors (Lipinski definition) is 5. The number of rotatable bonds is 2. The van der Waals surface area contributed by atoms with Crippen LogP contribution in [-0.2, 0) is 0 Å². The summed E-state index contributed by atoms with van der Waals surface area (Å²) in [7, 11) is 0. The highest BCUT2D eigenvalue weighted by Gasteiger charge is 2.51. The first kappa shape index (κ1) is 14.6. The van der Waals surface area contributed by atoms with Gasteiger partial charge in [-0.3, -0.25) is 14.3 Å². The van der Waals surface area contributed by atoms with Crippen molar-refractivity contribution in [2.24, 2.45) is 5.92 Å². The molecule has 1 aliphatic rings. The molecule has 4 N–H and O–H groups in total. The number of hydrogen-bond donors (Lipinski definition) is 4. The molecule has 2 rings (SSSR count). The summed E-state index contributed by atoms with van der Waals surface area (Å²) in [6.07, 6.45) is -3.68. The van der Waals surface area contributed by atoms with Crippen LogP contribution in [0.25, 0.3) is 0 Å². The van der Waals surface area contributed by atoms with Crippen LogP contribution in [0.15, 0.2) is 15.8 Å². The number of halogens is 2. The fraction of sp³-hybridized carbons (Fsp3) is 0.600. The second kappa shape index (κ2) is 5.31. The highest BCUT2D eigenvalue weighted by Crippen LogP contribution is 2.37. The molecule has 0 radical (unpaired) electrons. The van der Waals surface area contributed by atoms with E-state index in [1.807, 2.05) is 4.98 Å². The average Bonchev–Trinajstić information content (AvgIpc) is 2.56. The fourth-order valence-electron chi connectivity index (χ4n) is 2.29. The van der Waals surface area contributed by atoms with E-state index >= 15 is 0 Å². The molecule has 1 aromatic rings. The Hall–Kier alpha value is -0.780. The Labute approximate surface area is 119 Å². The van der Waals surface area contributed by atoms with Gasteiger partial charge >= 0.3 is 5.69 Å². The number of nitrogens with zero attached hydrogens (tertiary/aromatic N) is 1. The number of nitrogens with one attached hydrogen (secondary N) is 1. The zero-order valence-electron chi connectivity index (χ0n) is 9.53. The van der Waals surface area contributed by atoms with Gasteiger partial charge in [0, 0.05) is 12.1 Å². The van der Waals surface area contributed by atoms with Crippen molar-refractivity contribution in [2.45, 2.75) is 24.4 Å². The molecular weight excluding hydrogens is 374 g/mol. The smallest absolute Gasteiger partial charge is 0.328 e. The van der Waals surface area contributed by atoms with Crippen molar-refractivity contribution in [3.8, 4) is 0 Å². The summed E-state index contributed by atoms with van der Waals surface area (Å²) >= 11 is 1.67. The van der Waals surface area contributed by atoms with Gasteiger partial charge in [0.2, 0.25) is 0 Å². The zero-order valence-corrected chi connectivity index (χ0v) is 11.7. The summed E-state index contributed by atoms with van der Waals surface area (Å²) in [5, 5.41) is 28.4. The molecule has 9 heteroatoms. The highest BCUT2D eigenvalue weighted by atomic mass is 127. The van der Waals surface area contributed by atoms with Crippen molar-refractivity contribution in [3.05, 3.63) is 30.6 Å². The molecule has 5 atom stereocenters. The van der Waals surface area contributed by atoms with Crippen LogP contribution in [0.1, 0.15) is 6.04 Å². The van der Waals surface area contributed by atoms with E-state index < -0.39 is 48.2 Å². The number of aromatic nitrogens is 2. The van der Waals surface area contributed by atoms with E-state index in [0.29, 0.717) is 0 Å². The van der Waals surface area contributed by atoms with E-state index in [1.54, 1.807) is 22.6 Å². The normalized spacial score (nSPS) is 34.7. The van der Waals surface area contributed by atoms with Crippen LogP contribution in [0.2, 0.25) is 0 Å². The summed E-state index contributed by atoms with van der Waals surface area (Å²) in [6, 6.07) is -1.34. The number of aliphatic hydroxyl groups excluding tert-OH is 3. The predicted molar refractivity (Wildman–Crippen MR) is 70.6 cm³/mol. The minimum Gasteiger partial charge on any atom is -0.396 e. The minimum absolute atomic E-state index is 0.151. The van der Waals surface area contributed by atoms with Crippen molar-refractivity contribution in [1.29, 1.82) is 0 Å². The number of aliphatic hydroxyl groups is 3. The Morgan fingerprint density at radius 3 is 2.53 bits per heavy atom. The Morgan fingerprint density at radius 1 is 1.37 bits per heavy atom. The van der Waals surface area contributed by atoms with Crippen LogP contribution < -0.4 is 11.2 Å². The topological polar surface area (TPSA) is 116 Å². The first-order valence-electron chi connectivity index (χ1n) is 5.50. The summed E-state index contributed by atoms with van der Waals surface area (Å²) in [5.41, 5.74) is -1.48. The van der Waals surface area contributed by atoms with Crippen LogP contribution in [0, 0.1) is 9.49 Å². The van der Waals surface area contributed by atoms with Gasteiger partial charge in [0.05, 0.1) is 22.3 Å². The molecule has 0 aromatic carbocycles. The molecule has 1 aromatic heterocycles. The lowest BCUT2D eigenvalue weighted by Gasteiger charge is -2.20. The van der Waals surface area contributed by atoms with Gasteiger partial charge in [0.25, 0.3) is 5.56 Å². The Balaban J connectivity index is 2.50. The predicted octanol–water partition coefficient (Wildman–Crippen LogP) is -1.64. The van der Waals surface area contributed by atoms with Crippen molar-refractivity contribution in [2.75, 3.05) is 6.61 Å². The molecule has 0 aliphatic heterocycles. The van der Waals surface area contributed by atoms with Gasteiger partial charge in [-0.15, -0.1) is 0 Å². The quantitative estimate of drug-likeness (QED) is 0.456. The van der Waals surface area contributed by atoms with Gasteiger partial charge in [-0.1, -0.05) is 0 Å². The number of H-pyrrole nitrogens is 1. The SMILES string of the molecule is O=c1[nH]c(=O)n([C@H]2C(O)C(O)[C@@H](CO)[C@@H]2F)cc1I. The van der Waals surface area contributed by atoms with E-state index in [0.717, 1.165) is 10.8 Å². The third-order valence-corrected chi connectivity index (χ3v) is 4.10. The van der Waals surface area contributed by atoms with Crippen LogP contribution >= 0.6 is 22.6 Å². The standard InChI is InChI=1S/C10H12FIN2O5/c11-5-3(2-15)7(16)8(17)6(5)14-1-4(12)9(18)13-10(14)19/h1,3,5-8,15-17H,2H2,(H,13,18,19)/t3-,5-,6+,7?,8?/m0/s1. The van der Waals surface area contributed by atoms with Gasteiger partial charge in [0.1, 0.15) is 12.3 Å². The molecule has 7 nitrogen and oxygen atoms in total. The lowest BCUT2D eigenvalue weighted by molar-refractivity contribution is -0.00563. The van der Waals surface area contributed by atoms with Gasteiger partial charge in [-0.05, 0) is 22.6 Å². The third kappa shape index (κ3) is 2.35. The van der Waals surface area contributed by atoms with Crippen LogP contribution in [-0.4, -0.2) is 49.9 Å². The maximum Gasteiger partial charge on any atom is 0.328 e. The molecule has 0 saturated heterocycles. The van der Waals surface area contributed by atoms with E-state index in [-0.39, 0.29) is 3.57 Å².